The molecule has 132 valence electrons. The van der Waals surface area contributed by atoms with Gasteiger partial charge in [0.2, 0.25) is 0 Å². The first-order chi connectivity index (χ1) is 12.6. The van der Waals surface area contributed by atoms with Crippen LogP contribution < -0.4 is 10.2 Å². The Hall–Kier alpha value is -3.06. The number of nitrogens with zero attached hydrogens (tertiary/aromatic N) is 2. The van der Waals surface area contributed by atoms with Crippen molar-refractivity contribution in [1.82, 2.24) is 9.99 Å². The number of rotatable bonds is 5. The highest BCUT2D eigenvalue weighted by molar-refractivity contribution is 9.10. The van der Waals surface area contributed by atoms with Gasteiger partial charge in [0.05, 0.1) is 24.6 Å². The fraction of sp³-hybridized carbons (Fsp3) is 0.0526. The average molecular weight is 414 g/mol. The van der Waals surface area contributed by atoms with E-state index in [9.17, 15) is 9.90 Å². The molecule has 0 fully saturated rings. The van der Waals surface area contributed by atoms with Crippen molar-refractivity contribution >= 4 is 28.1 Å². The van der Waals surface area contributed by atoms with E-state index in [1.807, 2.05) is 22.9 Å². The third-order valence-electron chi connectivity index (χ3n) is 3.68. The molecule has 2 aromatic carbocycles. The predicted octanol–water partition coefficient (Wildman–Crippen LogP) is 3.72. The van der Waals surface area contributed by atoms with Crippen LogP contribution >= 0.6 is 15.9 Å². The summed E-state index contributed by atoms with van der Waals surface area (Å²) < 4.78 is 7.86. The topological polar surface area (TPSA) is 75.8 Å². The van der Waals surface area contributed by atoms with Gasteiger partial charge in [-0.2, -0.15) is 5.10 Å². The molecule has 0 unspecified atom stereocenters. The molecule has 3 aromatic rings. The number of hydrogen-bond donors (Lipinski definition) is 2. The lowest BCUT2D eigenvalue weighted by Gasteiger charge is -2.08. The summed E-state index contributed by atoms with van der Waals surface area (Å²) in [5.74, 6) is 0.293. The lowest BCUT2D eigenvalue weighted by Crippen LogP contribution is -2.18. The van der Waals surface area contributed by atoms with Crippen molar-refractivity contribution in [3.63, 3.8) is 0 Å². The molecule has 0 aliphatic carbocycles. The maximum absolute atomic E-state index is 12.3. The molecule has 0 spiro atoms. The predicted molar refractivity (Wildman–Crippen MR) is 103 cm³/mol. The molecular formula is C19H16BrN3O3. The van der Waals surface area contributed by atoms with E-state index in [0.29, 0.717) is 11.3 Å². The Morgan fingerprint density at radius 3 is 2.73 bits per heavy atom. The average Bonchev–Trinajstić information content (AvgIpc) is 3.10. The van der Waals surface area contributed by atoms with Gasteiger partial charge in [-0.3, -0.25) is 4.79 Å². The Kier molecular flexibility index (Phi) is 5.38. The Bertz CT molecular complexity index is 949. The third kappa shape index (κ3) is 3.94. The van der Waals surface area contributed by atoms with Crippen LogP contribution in [0.25, 0.3) is 5.69 Å². The van der Waals surface area contributed by atoms with E-state index in [4.69, 9.17) is 4.74 Å². The second-order valence-electron chi connectivity index (χ2n) is 5.36. The third-order valence-corrected chi connectivity index (χ3v) is 4.17. The van der Waals surface area contributed by atoms with Crippen molar-refractivity contribution < 1.29 is 14.6 Å². The van der Waals surface area contributed by atoms with Gasteiger partial charge < -0.3 is 14.4 Å². The number of phenols is 1. The van der Waals surface area contributed by atoms with Crippen LogP contribution in [0.4, 0.5) is 0 Å². The molecule has 0 radical (unpaired) electrons. The summed E-state index contributed by atoms with van der Waals surface area (Å²) in [5, 5.41) is 13.4. The van der Waals surface area contributed by atoms with Gasteiger partial charge in [-0.05, 0) is 54.6 Å². The molecule has 1 amide bonds. The van der Waals surface area contributed by atoms with Gasteiger partial charge in [-0.1, -0.05) is 15.9 Å². The van der Waals surface area contributed by atoms with E-state index in [1.54, 1.807) is 48.7 Å². The van der Waals surface area contributed by atoms with E-state index in [0.717, 1.165) is 15.9 Å². The number of ether oxygens (including phenoxy) is 1. The number of aromatic nitrogens is 1. The monoisotopic (exact) mass is 413 g/mol. The summed E-state index contributed by atoms with van der Waals surface area (Å²) in [5.41, 5.74) is 4.53. The van der Waals surface area contributed by atoms with Crippen LogP contribution in [0.3, 0.4) is 0 Å². The van der Waals surface area contributed by atoms with Gasteiger partial charge in [-0.25, -0.2) is 5.43 Å². The van der Waals surface area contributed by atoms with Crippen LogP contribution in [0.1, 0.15) is 16.1 Å². The normalized spacial score (nSPS) is 10.8. The molecule has 1 aromatic heterocycles. The molecule has 0 saturated heterocycles. The summed E-state index contributed by atoms with van der Waals surface area (Å²) in [4.78, 5) is 12.3. The second-order valence-corrected chi connectivity index (χ2v) is 6.28. The van der Waals surface area contributed by atoms with E-state index in [2.05, 4.69) is 26.5 Å². The fourth-order valence-electron chi connectivity index (χ4n) is 2.42. The molecule has 0 saturated carbocycles. The summed E-state index contributed by atoms with van der Waals surface area (Å²) >= 11 is 3.34. The Labute approximate surface area is 158 Å². The molecule has 0 bridgehead atoms. The number of halogens is 1. The summed E-state index contributed by atoms with van der Waals surface area (Å²) in [7, 11) is 1.51. The number of nitrogens with one attached hydrogen (secondary N) is 1. The number of methoxy groups -OCH3 is 1. The molecule has 6 nitrogen and oxygen atoms in total. The molecule has 0 aliphatic rings. The Balaban J connectivity index is 1.76. The lowest BCUT2D eigenvalue weighted by atomic mass is 10.2. The van der Waals surface area contributed by atoms with E-state index < -0.39 is 0 Å². The minimum absolute atomic E-state index is 0.200. The zero-order valence-corrected chi connectivity index (χ0v) is 15.5. The first kappa shape index (κ1) is 17.8. The summed E-state index contributed by atoms with van der Waals surface area (Å²) in [6.07, 6.45) is 3.42. The van der Waals surface area contributed by atoms with Gasteiger partial charge in [0, 0.05) is 16.4 Å². The van der Waals surface area contributed by atoms with Crippen molar-refractivity contribution in [2.75, 3.05) is 7.11 Å². The van der Waals surface area contributed by atoms with Gasteiger partial charge in [-0.15, -0.1) is 0 Å². The highest BCUT2D eigenvalue weighted by Gasteiger charge is 2.12. The minimum Gasteiger partial charge on any atom is -0.508 e. The number of carbonyl (C=O) groups excluding carboxylic acids is 1. The van der Waals surface area contributed by atoms with Crippen molar-refractivity contribution in [3.05, 3.63) is 76.5 Å². The molecule has 2 N–H and O–H groups in total. The van der Waals surface area contributed by atoms with E-state index in [1.165, 1.54) is 7.11 Å². The quantitative estimate of drug-likeness (QED) is 0.494. The molecule has 0 aliphatic heterocycles. The van der Waals surface area contributed by atoms with Gasteiger partial charge in [0.25, 0.3) is 5.91 Å². The van der Waals surface area contributed by atoms with Crippen LogP contribution in [0.2, 0.25) is 0 Å². The molecule has 3 rings (SSSR count). The number of carbonyl (C=O) groups is 1. The van der Waals surface area contributed by atoms with E-state index in [-0.39, 0.29) is 11.7 Å². The zero-order valence-electron chi connectivity index (χ0n) is 13.9. The smallest absolute Gasteiger partial charge is 0.275 e. The van der Waals surface area contributed by atoms with Gasteiger partial charge in [0.15, 0.2) is 0 Å². The number of hydrogen-bond acceptors (Lipinski definition) is 4. The lowest BCUT2D eigenvalue weighted by molar-refractivity contribution is 0.0952. The zero-order chi connectivity index (χ0) is 18.5. The van der Waals surface area contributed by atoms with Crippen molar-refractivity contribution in [2.45, 2.75) is 0 Å². The van der Waals surface area contributed by atoms with Crippen molar-refractivity contribution in [3.8, 4) is 17.2 Å². The summed E-state index contributed by atoms with van der Waals surface area (Å²) in [6.45, 7) is 0. The maximum Gasteiger partial charge on any atom is 0.275 e. The number of amides is 1. The minimum atomic E-state index is -0.373. The number of aromatic hydroxyl groups is 1. The molecule has 7 heteroatoms. The van der Waals surface area contributed by atoms with Crippen molar-refractivity contribution in [2.24, 2.45) is 5.10 Å². The van der Waals surface area contributed by atoms with E-state index >= 15 is 0 Å². The van der Waals surface area contributed by atoms with Gasteiger partial charge in [0.1, 0.15) is 11.5 Å². The van der Waals surface area contributed by atoms with Crippen LogP contribution in [-0.4, -0.2) is 28.9 Å². The number of benzene rings is 2. The van der Waals surface area contributed by atoms with Crippen LogP contribution in [0.5, 0.6) is 11.5 Å². The Morgan fingerprint density at radius 2 is 2.00 bits per heavy atom. The molecule has 26 heavy (non-hydrogen) atoms. The number of phenolic OH excluding ortho intramolecular Hbond substituents is 1. The highest BCUT2D eigenvalue weighted by Crippen LogP contribution is 2.22. The SMILES string of the molecule is COc1ccc(Br)cc1C(=O)N/N=C/c1cccn1-c1ccc(O)cc1. The standard InChI is InChI=1S/C19H16BrN3O3/c1-26-18-9-4-13(20)11-17(18)19(25)22-21-12-15-3-2-10-23(15)14-5-7-16(24)8-6-14/h2-12,24H,1H3,(H,22,25)/b21-12+. The Morgan fingerprint density at radius 1 is 1.23 bits per heavy atom. The first-order valence-corrected chi connectivity index (χ1v) is 8.51. The van der Waals surface area contributed by atoms with Crippen molar-refractivity contribution in [1.29, 1.82) is 0 Å². The first-order valence-electron chi connectivity index (χ1n) is 7.72. The molecule has 1 heterocycles. The van der Waals surface area contributed by atoms with Gasteiger partial charge >= 0.3 is 0 Å². The number of hydrazone groups is 1. The second kappa shape index (κ2) is 7.88. The fourth-order valence-corrected chi connectivity index (χ4v) is 2.78. The van der Waals surface area contributed by atoms with Crippen LogP contribution in [0.15, 0.2) is 70.4 Å². The largest absolute Gasteiger partial charge is 0.508 e. The van der Waals surface area contributed by atoms with Crippen LogP contribution in [0, 0.1) is 0 Å². The maximum atomic E-state index is 12.3. The van der Waals surface area contributed by atoms with Crippen LogP contribution in [-0.2, 0) is 0 Å². The molecule has 0 atom stereocenters. The summed E-state index contributed by atoms with van der Waals surface area (Å²) in [6, 6.07) is 15.7. The molecular weight excluding hydrogens is 398 g/mol. The highest BCUT2D eigenvalue weighted by atomic mass is 79.9.